The summed E-state index contributed by atoms with van der Waals surface area (Å²) >= 11 is 5.57. The van der Waals surface area contributed by atoms with Crippen LogP contribution in [0.15, 0.2) is 20.0 Å². The maximum absolute atomic E-state index is 9.57. The molecule has 0 saturated heterocycles. The number of nitrogens with zero attached hydrogens (tertiary/aromatic N) is 4. The molecule has 1 atom stereocenters. The van der Waals surface area contributed by atoms with Crippen LogP contribution in [-0.2, 0) is 0 Å². The van der Waals surface area contributed by atoms with Gasteiger partial charge in [-0.05, 0) is 0 Å². The maximum Gasteiger partial charge on any atom is 0.273 e. The Morgan fingerprint density at radius 2 is 2.18 bits per heavy atom. The number of aliphatic imine (C=N–C) groups is 4. The van der Waals surface area contributed by atoms with Gasteiger partial charge in [-0.15, -0.1) is 0 Å². The van der Waals surface area contributed by atoms with Gasteiger partial charge in [-0.3, -0.25) is 0 Å². The molecule has 1 N–H and O–H groups in total. The molecular formula is C5H3ClN4O. The Bertz CT molecular complexity index is 318. The second kappa shape index (κ2) is 1.96. The number of fused-ring (bicyclic) bond motifs is 1. The Balaban J connectivity index is 2.56. The van der Waals surface area contributed by atoms with Gasteiger partial charge in [-0.1, -0.05) is 11.6 Å². The minimum Gasteiger partial charge on any atom is -0.358 e. The van der Waals surface area contributed by atoms with Gasteiger partial charge >= 0.3 is 0 Å². The number of hydrogen-bond acceptors (Lipinski definition) is 5. The summed E-state index contributed by atoms with van der Waals surface area (Å²) in [5.41, 5.74) is -1.61. The summed E-state index contributed by atoms with van der Waals surface area (Å²) in [5, 5.41) is 9.55. The van der Waals surface area contributed by atoms with Crippen molar-refractivity contribution in [3.63, 3.8) is 0 Å². The third kappa shape index (κ3) is 0.749. The quantitative estimate of drug-likeness (QED) is 0.537. The highest BCUT2D eigenvalue weighted by atomic mass is 35.5. The Morgan fingerprint density at radius 1 is 1.36 bits per heavy atom. The summed E-state index contributed by atoms with van der Waals surface area (Å²) in [6.07, 6.45) is 2.43. The van der Waals surface area contributed by atoms with Crippen molar-refractivity contribution in [1.82, 2.24) is 0 Å². The van der Waals surface area contributed by atoms with Crippen LogP contribution in [0.2, 0.25) is 0 Å². The van der Waals surface area contributed by atoms with Crippen LogP contribution in [-0.4, -0.2) is 34.5 Å². The van der Waals surface area contributed by atoms with E-state index in [0.29, 0.717) is 0 Å². The number of amidine groups is 1. The summed E-state index contributed by atoms with van der Waals surface area (Å²) in [4.78, 5) is 14.6. The van der Waals surface area contributed by atoms with Gasteiger partial charge in [0.25, 0.3) is 5.72 Å². The molecule has 0 aliphatic carbocycles. The van der Waals surface area contributed by atoms with Crippen molar-refractivity contribution in [1.29, 1.82) is 0 Å². The Hall–Kier alpha value is -1.07. The fourth-order valence-corrected chi connectivity index (χ4v) is 0.985. The molecule has 1 unspecified atom stereocenters. The molecule has 0 fully saturated rings. The number of rotatable bonds is 0. The lowest BCUT2D eigenvalue weighted by Gasteiger charge is -2.18. The number of aliphatic hydroxyl groups is 1. The molecule has 11 heavy (non-hydrogen) atoms. The average Bonchev–Trinajstić information content (AvgIpc) is 2.34. The minimum atomic E-state index is -1.61. The predicted octanol–water partition coefficient (Wildman–Crippen LogP) is -0.205. The zero-order chi connectivity index (χ0) is 7.90. The molecule has 0 bridgehead atoms. The van der Waals surface area contributed by atoms with Crippen LogP contribution in [0.25, 0.3) is 0 Å². The molecule has 0 aromatic carbocycles. The highest BCUT2D eigenvalue weighted by molar-refractivity contribution is 6.70. The Labute approximate surface area is 66.9 Å². The fourth-order valence-electron chi connectivity index (χ4n) is 0.808. The molecule has 0 amide bonds. The molecule has 0 saturated carbocycles. The number of halogens is 1. The zero-order valence-electron chi connectivity index (χ0n) is 5.27. The van der Waals surface area contributed by atoms with E-state index in [2.05, 4.69) is 20.0 Å². The van der Waals surface area contributed by atoms with E-state index < -0.39 is 5.72 Å². The predicted molar refractivity (Wildman–Crippen MR) is 42.7 cm³/mol. The van der Waals surface area contributed by atoms with Gasteiger partial charge < -0.3 is 5.11 Å². The molecule has 0 aromatic rings. The molecule has 2 heterocycles. The first-order valence-electron chi connectivity index (χ1n) is 2.84. The second-order valence-electron chi connectivity index (χ2n) is 2.03. The van der Waals surface area contributed by atoms with E-state index in [-0.39, 0.29) is 11.0 Å². The summed E-state index contributed by atoms with van der Waals surface area (Å²) < 4.78 is 0. The van der Waals surface area contributed by atoms with Crippen LogP contribution >= 0.6 is 11.6 Å². The monoisotopic (exact) mass is 170 g/mol. The molecule has 6 heteroatoms. The van der Waals surface area contributed by atoms with Crippen LogP contribution in [0.4, 0.5) is 0 Å². The van der Waals surface area contributed by atoms with Crippen molar-refractivity contribution >= 4 is 35.3 Å². The van der Waals surface area contributed by atoms with E-state index in [9.17, 15) is 5.11 Å². The van der Waals surface area contributed by atoms with Crippen molar-refractivity contribution in [3.8, 4) is 0 Å². The third-order valence-corrected chi connectivity index (χ3v) is 1.74. The van der Waals surface area contributed by atoms with Gasteiger partial charge in [0.1, 0.15) is 12.7 Å². The van der Waals surface area contributed by atoms with Gasteiger partial charge in [-0.2, -0.15) is 0 Å². The largest absolute Gasteiger partial charge is 0.358 e. The normalized spacial score (nSPS) is 33.3. The second-order valence-corrected chi connectivity index (χ2v) is 2.39. The standard InChI is InChI=1S/C5H3ClN4O/c6-3-5(11)4(8-1-7-3)9-2-10-5/h1-2,11H. The summed E-state index contributed by atoms with van der Waals surface area (Å²) in [5.74, 6) is 0.164. The van der Waals surface area contributed by atoms with Gasteiger partial charge in [0.2, 0.25) is 0 Å². The van der Waals surface area contributed by atoms with Gasteiger partial charge in [0.05, 0.1) is 0 Å². The lowest BCUT2D eigenvalue weighted by molar-refractivity contribution is 0.198. The van der Waals surface area contributed by atoms with E-state index in [1.807, 2.05) is 0 Å². The molecule has 2 rings (SSSR count). The highest BCUT2D eigenvalue weighted by Gasteiger charge is 2.42. The smallest absolute Gasteiger partial charge is 0.273 e. The van der Waals surface area contributed by atoms with Gasteiger partial charge in [0, 0.05) is 0 Å². The maximum atomic E-state index is 9.57. The van der Waals surface area contributed by atoms with Crippen molar-refractivity contribution in [3.05, 3.63) is 0 Å². The zero-order valence-corrected chi connectivity index (χ0v) is 6.02. The molecular weight excluding hydrogens is 168 g/mol. The topological polar surface area (TPSA) is 69.7 Å². The number of hydrogen-bond donors (Lipinski definition) is 1. The van der Waals surface area contributed by atoms with Crippen molar-refractivity contribution < 1.29 is 5.11 Å². The Morgan fingerprint density at radius 3 is 2.91 bits per heavy atom. The van der Waals surface area contributed by atoms with Crippen molar-refractivity contribution in [2.75, 3.05) is 0 Å². The first-order chi connectivity index (χ1) is 5.23. The van der Waals surface area contributed by atoms with E-state index >= 15 is 0 Å². The molecule has 0 spiro atoms. The summed E-state index contributed by atoms with van der Waals surface area (Å²) in [6.45, 7) is 0. The summed E-state index contributed by atoms with van der Waals surface area (Å²) in [7, 11) is 0. The van der Waals surface area contributed by atoms with E-state index in [1.54, 1.807) is 0 Å². The van der Waals surface area contributed by atoms with Crippen molar-refractivity contribution in [2.24, 2.45) is 20.0 Å². The minimum absolute atomic E-state index is 0.0278. The SMILES string of the molecule is OC12N=CN=C1N=CN=C2Cl. The van der Waals surface area contributed by atoms with Gasteiger partial charge in [-0.25, -0.2) is 20.0 Å². The Kier molecular flexibility index (Phi) is 1.18. The first kappa shape index (κ1) is 6.63. The van der Waals surface area contributed by atoms with Crippen LogP contribution in [0.1, 0.15) is 0 Å². The molecule has 56 valence electrons. The molecule has 5 nitrogen and oxygen atoms in total. The lowest BCUT2D eigenvalue weighted by atomic mass is 10.2. The third-order valence-electron chi connectivity index (χ3n) is 1.38. The van der Waals surface area contributed by atoms with Gasteiger partial charge in [0.15, 0.2) is 11.0 Å². The van der Waals surface area contributed by atoms with Crippen LogP contribution < -0.4 is 0 Å². The van der Waals surface area contributed by atoms with Crippen molar-refractivity contribution in [2.45, 2.75) is 5.72 Å². The molecule has 2 aliphatic rings. The van der Waals surface area contributed by atoms with E-state index in [4.69, 9.17) is 11.6 Å². The molecule has 2 aliphatic heterocycles. The van der Waals surface area contributed by atoms with E-state index in [1.165, 1.54) is 12.7 Å². The van der Waals surface area contributed by atoms with E-state index in [0.717, 1.165) is 0 Å². The molecule has 0 radical (unpaired) electrons. The highest BCUT2D eigenvalue weighted by Crippen LogP contribution is 2.21. The van der Waals surface area contributed by atoms with Crippen LogP contribution in [0.3, 0.4) is 0 Å². The molecule has 0 aromatic heterocycles. The lowest BCUT2D eigenvalue weighted by Crippen LogP contribution is -2.41. The summed E-state index contributed by atoms with van der Waals surface area (Å²) in [6, 6.07) is 0. The van der Waals surface area contributed by atoms with Crippen LogP contribution in [0, 0.1) is 0 Å². The first-order valence-corrected chi connectivity index (χ1v) is 3.22. The average molecular weight is 171 g/mol. The van der Waals surface area contributed by atoms with Crippen LogP contribution in [0.5, 0.6) is 0 Å². The fraction of sp³-hybridized carbons (Fsp3) is 0.200.